The summed E-state index contributed by atoms with van der Waals surface area (Å²) >= 11 is 0. The van der Waals surface area contributed by atoms with E-state index in [9.17, 15) is 0 Å². The number of pyridine rings is 1. The topological polar surface area (TPSA) is 25.4 Å². The van der Waals surface area contributed by atoms with Gasteiger partial charge in [-0.3, -0.25) is 0 Å². The molecule has 0 unspecified atom stereocenters. The van der Waals surface area contributed by atoms with Crippen LogP contribution in [0.2, 0.25) is 0 Å². The van der Waals surface area contributed by atoms with Gasteiger partial charge in [0.15, 0.2) is 0 Å². The lowest BCUT2D eigenvalue weighted by Crippen LogP contribution is -2.08. The van der Waals surface area contributed by atoms with Crippen molar-refractivity contribution in [1.29, 1.82) is 0 Å². The summed E-state index contributed by atoms with van der Waals surface area (Å²) in [5, 5.41) is 0. The fraction of sp³-hybridized carbons (Fsp3) is 0.375. The van der Waals surface area contributed by atoms with Crippen LogP contribution in [-0.4, -0.2) is 26.2 Å². The van der Waals surface area contributed by atoms with E-state index in [-0.39, 0.29) is 0 Å². The SMILES string of the molecule is COc1[c]c(N(C)C)ccn1. The molecule has 3 nitrogen and oxygen atoms in total. The van der Waals surface area contributed by atoms with Crippen LogP contribution in [0.4, 0.5) is 5.69 Å². The standard InChI is InChI=1S/C8H11N2O/c1-10(2)7-4-5-9-8(6-7)11-3/h4-5H,1-3H3. The van der Waals surface area contributed by atoms with E-state index in [0.717, 1.165) is 5.69 Å². The van der Waals surface area contributed by atoms with Gasteiger partial charge in [-0.25, -0.2) is 4.98 Å². The quantitative estimate of drug-likeness (QED) is 0.629. The maximum absolute atomic E-state index is 4.91. The van der Waals surface area contributed by atoms with Crippen molar-refractivity contribution in [3.63, 3.8) is 0 Å². The summed E-state index contributed by atoms with van der Waals surface area (Å²) in [7, 11) is 5.48. The maximum Gasteiger partial charge on any atom is 0.223 e. The predicted octanol–water partition coefficient (Wildman–Crippen LogP) is 0.956. The first-order valence-electron chi connectivity index (χ1n) is 3.33. The van der Waals surface area contributed by atoms with Crippen LogP contribution in [0.5, 0.6) is 5.88 Å². The molecule has 0 aromatic carbocycles. The average Bonchev–Trinajstić information content (AvgIpc) is 2.05. The van der Waals surface area contributed by atoms with Crippen LogP contribution >= 0.6 is 0 Å². The van der Waals surface area contributed by atoms with E-state index in [1.54, 1.807) is 13.3 Å². The number of anilines is 1. The highest BCUT2D eigenvalue weighted by molar-refractivity contribution is 5.44. The Labute approximate surface area is 66.6 Å². The molecule has 0 amide bonds. The van der Waals surface area contributed by atoms with Crippen molar-refractivity contribution < 1.29 is 4.74 Å². The Morgan fingerprint density at radius 2 is 2.27 bits per heavy atom. The lowest BCUT2D eigenvalue weighted by molar-refractivity contribution is 0.397. The molecule has 1 aromatic heterocycles. The minimum atomic E-state index is 0.524. The minimum Gasteiger partial charge on any atom is -0.480 e. The molecule has 1 aromatic rings. The summed E-state index contributed by atoms with van der Waals surface area (Å²) in [5.74, 6) is 0.524. The van der Waals surface area contributed by atoms with Crippen molar-refractivity contribution in [3.8, 4) is 5.88 Å². The molecule has 1 rings (SSSR count). The van der Waals surface area contributed by atoms with E-state index in [0.29, 0.717) is 5.88 Å². The Bertz CT molecular complexity index is 235. The van der Waals surface area contributed by atoms with Crippen molar-refractivity contribution >= 4 is 5.69 Å². The van der Waals surface area contributed by atoms with Gasteiger partial charge in [-0.2, -0.15) is 0 Å². The molecule has 0 aliphatic rings. The Hall–Kier alpha value is -1.25. The Morgan fingerprint density at radius 1 is 1.55 bits per heavy atom. The Morgan fingerprint density at radius 3 is 2.82 bits per heavy atom. The summed E-state index contributed by atoms with van der Waals surface area (Å²) < 4.78 is 4.91. The molecular formula is C8H11N2O. The molecule has 0 aliphatic carbocycles. The highest BCUT2D eigenvalue weighted by Crippen LogP contribution is 2.13. The smallest absolute Gasteiger partial charge is 0.223 e. The number of ether oxygens (including phenoxy) is 1. The van der Waals surface area contributed by atoms with Crippen LogP contribution in [0.15, 0.2) is 12.3 Å². The van der Waals surface area contributed by atoms with Crippen molar-refractivity contribution in [2.45, 2.75) is 0 Å². The van der Waals surface area contributed by atoms with E-state index in [1.807, 2.05) is 25.1 Å². The zero-order chi connectivity index (χ0) is 8.27. The van der Waals surface area contributed by atoms with Gasteiger partial charge in [0.25, 0.3) is 0 Å². The molecule has 11 heavy (non-hydrogen) atoms. The molecule has 0 N–H and O–H groups in total. The summed E-state index contributed by atoms with van der Waals surface area (Å²) in [6.07, 6.45) is 1.70. The molecule has 0 saturated carbocycles. The van der Waals surface area contributed by atoms with E-state index in [2.05, 4.69) is 11.1 Å². The zero-order valence-electron chi connectivity index (χ0n) is 6.96. The molecule has 0 fully saturated rings. The number of hydrogen-bond donors (Lipinski definition) is 0. The van der Waals surface area contributed by atoms with Gasteiger partial charge in [0, 0.05) is 20.3 Å². The second-order valence-electron chi connectivity index (χ2n) is 2.36. The van der Waals surface area contributed by atoms with E-state index >= 15 is 0 Å². The number of nitrogens with zero attached hydrogens (tertiary/aromatic N) is 2. The third-order valence-corrected chi connectivity index (χ3v) is 1.33. The first kappa shape index (κ1) is 7.85. The van der Waals surface area contributed by atoms with Crippen LogP contribution in [0.3, 0.4) is 0 Å². The van der Waals surface area contributed by atoms with Gasteiger partial charge in [0.05, 0.1) is 18.9 Å². The molecule has 0 aliphatic heterocycles. The summed E-state index contributed by atoms with van der Waals surface area (Å²) in [5.41, 5.74) is 0.969. The van der Waals surface area contributed by atoms with Crippen molar-refractivity contribution in [3.05, 3.63) is 18.3 Å². The lowest BCUT2D eigenvalue weighted by atomic mass is 10.4. The molecule has 0 spiro atoms. The van der Waals surface area contributed by atoms with Gasteiger partial charge in [0.2, 0.25) is 5.88 Å². The number of methoxy groups -OCH3 is 1. The molecule has 0 saturated heterocycles. The summed E-state index contributed by atoms with van der Waals surface area (Å²) in [4.78, 5) is 5.88. The Balaban J connectivity index is 2.91. The van der Waals surface area contributed by atoms with Crippen LogP contribution in [0.1, 0.15) is 0 Å². The van der Waals surface area contributed by atoms with E-state index < -0.39 is 0 Å². The first-order valence-corrected chi connectivity index (χ1v) is 3.33. The van der Waals surface area contributed by atoms with Gasteiger partial charge in [0.1, 0.15) is 0 Å². The fourth-order valence-corrected chi connectivity index (χ4v) is 0.724. The monoisotopic (exact) mass is 151 g/mol. The minimum absolute atomic E-state index is 0.524. The van der Waals surface area contributed by atoms with Gasteiger partial charge in [-0.15, -0.1) is 0 Å². The maximum atomic E-state index is 4.91. The second-order valence-corrected chi connectivity index (χ2v) is 2.36. The molecule has 3 heteroatoms. The predicted molar refractivity (Wildman–Crippen MR) is 44.0 cm³/mol. The van der Waals surface area contributed by atoms with Crippen LogP contribution in [0.25, 0.3) is 0 Å². The summed E-state index contributed by atoms with van der Waals surface area (Å²) in [6.45, 7) is 0. The van der Waals surface area contributed by atoms with Gasteiger partial charge >= 0.3 is 0 Å². The largest absolute Gasteiger partial charge is 0.480 e. The third-order valence-electron chi connectivity index (χ3n) is 1.33. The second kappa shape index (κ2) is 3.23. The normalized spacial score (nSPS) is 9.36. The van der Waals surface area contributed by atoms with Gasteiger partial charge in [-0.05, 0) is 6.07 Å². The van der Waals surface area contributed by atoms with Gasteiger partial charge < -0.3 is 9.64 Å². The fourth-order valence-electron chi connectivity index (χ4n) is 0.724. The van der Waals surface area contributed by atoms with Crippen LogP contribution in [0, 0.1) is 6.07 Å². The summed E-state index contributed by atoms with van der Waals surface area (Å²) in [6, 6.07) is 4.86. The molecule has 1 heterocycles. The lowest BCUT2D eigenvalue weighted by Gasteiger charge is -2.11. The average molecular weight is 151 g/mol. The van der Waals surface area contributed by atoms with E-state index in [1.165, 1.54) is 0 Å². The number of hydrogen-bond acceptors (Lipinski definition) is 3. The molecule has 0 atom stereocenters. The first-order chi connectivity index (χ1) is 5.24. The third kappa shape index (κ3) is 1.83. The highest BCUT2D eigenvalue weighted by atomic mass is 16.5. The molecule has 0 bridgehead atoms. The van der Waals surface area contributed by atoms with Crippen LogP contribution in [-0.2, 0) is 0 Å². The van der Waals surface area contributed by atoms with Crippen molar-refractivity contribution in [2.75, 3.05) is 26.1 Å². The highest BCUT2D eigenvalue weighted by Gasteiger charge is 1.97. The Kier molecular flexibility index (Phi) is 2.31. The zero-order valence-corrected chi connectivity index (χ0v) is 6.96. The molecular weight excluding hydrogens is 140 g/mol. The number of aromatic nitrogens is 1. The molecule has 59 valence electrons. The molecule has 1 radical (unpaired) electrons. The number of rotatable bonds is 2. The van der Waals surface area contributed by atoms with Crippen molar-refractivity contribution in [1.82, 2.24) is 4.98 Å². The van der Waals surface area contributed by atoms with Gasteiger partial charge in [-0.1, -0.05) is 0 Å². The van der Waals surface area contributed by atoms with E-state index in [4.69, 9.17) is 4.74 Å². The van der Waals surface area contributed by atoms with Crippen LogP contribution < -0.4 is 9.64 Å². The van der Waals surface area contributed by atoms with Crippen molar-refractivity contribution in [2.24, 2.45) is 0 Å².